The van der Waals surface area contributed by atoms with E-state index in [9.17, 15) is 14.4 Å². The van der Waals surface area contributed by atoms with Gasteiger partial charge in [0, 0.05) is 11.6 Å². The molecule has 126 valence electrons. The largest absolute Gasteiger partial charge is 0.350 e. The number of imide groups is 1. The second-order valence-electron chi connectivity index (χ2n) is 6.19. The molecule has 1 aliphatic carbocycles. The van der Waals surface area contributed by atoms with Crippen LogP contribution in [0.2, 0.25) is 5.02 Å². The number of hydrogen-bond acceptors (Lipinski definition) is 3. The van der Waals surface area contributed by atoms with Crippen molar-refractivity contribution in [3.63, 3.8) is 0 Å². The highest BCUT2D eigenvalue weighted by atomic mass is 35.5. The topological polar surface area (TPSA) is 66.5 Å². The third kappa shape index (κ3) is 2.96. The van der Waals surface area contributed by atoms with Gasteiger partial charge in [-0.3, -0.25) is 19.3 Å². The lowest BCUT2D eigenvalue weighted by Crippen LogP contribution is -2.48. The van der Waals surface area contributed by atoms with Crippen LogP contribution >= 0.6 is 11.6 Å². The summed E-state index contributed by atoms with van der Waals surface area (Å²) in [4.78, 5) is 38.5. The number of amides is 3. The average Bonchev–Trinajstić information content (AvgIpc) is 2.85. The quantitative estimate of drug-likeness (QED) is 0.672. The fourth-order valence-corrected chi connectivity index (χ4v) is 3.50. The van der Waals surface area contributed by atoms with Crippen molar-refractivity contribution >= 4 is 29.3 Å². The van der Waals surface area contributed by atoms with E-state index in [0.29, 0.717) is 17.9 Å². The summed E-state index contributed by atoms with van der Waals surface area (Å²) in [6, 6.07) is 6.39. The van der Waals surface area contributed by atoms with E-state index in [2.05, 4.69) is 5.32 Å². The molecule has 1 aromatic carbocycles. The molecule has 5 nitrogen and oxygen atoms in total. The third-order valence-corrected chi connectivity index (χ3v) is 5.09. The molecule has 24 heavy (non-hydrogen) atoms. The second-order valence-corrected chi connectivity index (χ2v) is 6.59. The van der Waals surface area contributed by atoms with Crippen LogP contribution in [0.5, 0.6) is 0 Å². The van der Waals surface area contributed by atoms with Crippen molar-refractivity contribution in [1.29, 1.82) is 0 Å². The van der Waals surface area contributed by atoms with E-state index in [0.717, 1.165) is 10.5 Å². The van der Waals surface area contributed by atoms with Crippen LogP contribution in [0.3, 0.4) is 0 Å². The number of rotatable bonds is 4. The molecule has 0 aromatic heterocycles. The molecular weight excluding hydrogens is 328 g/mol. The molecular formula is C18H19ClN2O3. The Labute approximate surface area is 145 Å². The summed E-state index contributed by atoms with van der Waals surface area (Å²) in [5, 5.41) is 3.32. The highest BCUT2D eigenvalue weighted by Crippen LogP contribution is 2.36. The van der Waals surface area contributed by atoms with Crippen LogP contribution in [0, 0.1) is 11.8 Å². The SMILES string of the molecule is C[C@@H](C(=O)NCc1ccccc1Cl)N1C(=O)[C@H]2CC=CC[C@H]2C1=O. The number of nitrogens with one attached hydrogen (secondary N) is 1. The minimum Gasteiger partial charge on any atom is -0.350 e. The molecule has 3 amide bonds. The first-order valence-electron chi connectivity index (χ1n) is 8.03. The monoisotopic (exact) mass is 346 g/mol. The average molecular weight is 347 g/mol. The minimum absolute atomic E-state index is 0.241. The molecule has 1 aliphatic heterocycles. The van der Waals surface area contributed by atoms with Crippen LogP contribution in [-0.4, -0.2) is 28.7 Å². The smallest absolute Gasteiger partial charge is 0.243 e. The molecule has 3 atom stereocenters. The van der Waals surface area contributed by atoms with E-state index in [4.69, 9.17) is 11.6 Å². The van der Waals surface area contributed by atoms with E-state index in [1.807, 2.05) is 30.4 Å². The minimum atomic E-state index is -0.821. The van der Waals surface area contributed by atoms with E-state index in [1.165, 1.54) is 0 Å². The maximum atomic E-state index is 12.5. The summed E-state index contributed by atoms with van der Waals surface area (Å²) in [6.07, 6.45) is 5.00. The normalized spacial score (nSPS) is 24.0. The van der Waals surface area contributed by atoms with Crippen molar-refractivity contribution in [2.75, 3.05) is 0 Å². The molecule has 1 fully saturated rings. The zero-order valence-corrected chi connectivity index (χ0v) is 14.1. The number of halogens is 1. The number of hydrogen-bond donors (Lipinski definition) is 1. The van der Waals surface area contributed by atoms with Gasteiger partial charge < -0.3 is 5.32 Å². The standard InChI is InChI=1S/C18H19ClN2O3/c1-11(16(22)20-10-12-6-2-5-9-15(12)19)21-17(23)13-7-3-4-8-14(13)18(21)24/h2-6,9,11,13-14H,7-8,10H2,1H3,(H,20,22)/t11-,13-,14+/m0/s1. The Kier molecular flexibility index (Phi) is 4.71. The lowest BCUT2D eigenvalue weighted by molar-refractivity contribution is -0.147. The molecule has 0 radical (unpaired) electrons. The van der Waals surface area contributed by atoms with Gasteiger partial charge in [-0.05, 0) is 31.4 Å². The van der Waals surface area contributed by atoms with Gasteiger partial charge >= 0.3 is 0 Å². The highest BCUT2D eigenvalue weighted by Gasteiger charge is 2.49. The molecule has 0 saturated carbocycles. The number of allylic oxidation sites excluding steroid dienone is 2. The lowest BCUT2D eigenvalue weighted by Gasteiger charge is -2.22. The van der Waals surface area contributed by atoms with Crippen molar-refractivity contribution in [2.45, 2.75) is 32.4 Å². The molecule has 1 saturated heterocycles. The van der Waals surface area contributed by atoms with Gasteiger partial charge in [0.15, 0.2) is 0 Å². The molecule has 3 rings (SSSR count). The van der Waals surface area contributed by atoms with E-state index >= 15 is 0 Å². The fourth-order valence-electron chi connectivity index (χ4n) is 3.30. The first kappa shape index (κ1) is 16.7. The summed E-state index contributed by atoms with van der Waals surface area (Å²) < 4.78 is 0. The number of carbonyl (C=O) groups is 3. The maximum Gasteiger partial charge on any atom is 0.243 e. The predicted octanol–water partition coefficient (Wildman–Crippen LogP) is 2.30. The van der Waals surface area contributed by atoms with Gasteiger partial charge in [0.2, 0.25) is 17.7 Å². The Balaban J connectivity index is 1.66. The Morgan fingerprint density at radius 1 is 1.21 bits per heavy atom. The van der Waals surface area contributed by atoms with Crippen molar-refractivity contribution in [3.05, 3.63) is 47.0 Å². The predicted molar refractivity (Wildman–Crippen MR) is 90.0 cm³/mol. The number of benzene rings is 1. The van der Waals surface area contributed by atoms with Gasteiger partial charge in [-0.1, -0.05) is 42.0 Å². The molecule has 0 unspecified atom stereocenters. The summed E-state index contributed by atoms with van der Waals surface area (Å²) in [6.45, 7) is 1.84. The number of carbonyl (C=O) groups excluding carboxylic acids is 3. The zero-order chi connectivity index (χ0) is 17.3. The van der Waals surface area contributed by atoms with Crippen LogP contribution < -0.4 is 5.32 Å². The highest BCUT2D eigenvalue weighted by molar-refractivity contribution is 6.31. The summed E-state index contributed by atoms with van der Waals surface area (Å²) >= 11 is 6.07. The van der Waals surface area contributed by atoms with Crippen molar-refractivity contribution in [2.24, 2.45) is 11.8 Å². The number of fused-ring (bicyclic) bond motifs is 1. The van der Waals surface area contributed by atoms with Crippen molar-refractivity contribution < 1.29 is 14.4 Å². The Morgan fingerprint density at radius 3 is 2.38 bits per heavy atom. The summed E-state index contributed by atoms with van der Waals surface area (Å²) in [5.74, 6) is -1.48. The molecule has 0 bridgehead atoms. The van der Waals surface area contributed by atoms with E-state index in [-0.39, 0.29) is 36.1 Å². The van der Waals surface area contributed by atoms with Crippen LogP contribution in [-0.2, 0) is 20.9 Å². The molecule has 1 aromatic rings. The molecule has 2 aliphatic rings. The van der Waals surface area contributed by atoms with E-state index < -0.39 is 6.04 Å². The Morgan fingerprint density at radius 2 is 1.79 bits per heavy atom. The van der Waals surface area contributed by atoms with Crippen molar-refractivity contribution in [1.82, 2.24) is 10.2 Å². The third-order valence-electron chi connectivity index (χ3n) is 4.72. The lowest BCUT2D eigenvalue weighted by atomic mass is 9.85. The second kappa shape index (κ2) is 6.77. The first-order chi connectivity index (χ1) is 11.5. The first-order valence-corrected chi connectivity index (χ1v) is 8.41. The van der Waals surface area contributed by atoms with Crippen LogP contribution in [0.4, 0.5) is 0 Å². The number of likely N-dealkylation sites (tertiary alicyclic amines) is 1. The summed E-state index contributed by atoms with van der Waals surface area (Å²) in [7, 11) is 0. The van der Waals surface area contributed by atoms with Crippen molar-refractivity contribution in [3.8, 4) is 0 Å². The molecule has 1 N–H and O–H groups in total. The van der Waals surface area contributed by atoms with Gasteiger partial charge in [-0.2, -0.15) is 0 Å². The van der Waals surface area contributed by atoms with Gasteiger partial charge in [-0.15, -0.1) is 0 Å². The van der Waals surface area contributed by atoms with Crippen LogP contribution in [0.25, 0.3) is 0 Å². The van der Waals surface area contributed by atoms with E-state index in [1.54, 1.807) is 13.0 Å². The molecule has 0 spiro atoms. The number of nitrogens with zero attached hydrogens (tertiary/aromatic N) is 1. The molecule has 1 heterocycles. The maximum absolute atomic E-state index is 12.5. The summed E-state index contributed by atoms with van der Waals surface area (Å²) in [5.41, 5.74) is 0.789. The van der Waals surface area contributed by atoms with Gasteiger partial charge in [0.1, 0.15) is 6.04 Å². The van der Waals surface area contributed by atoms with Crippen LogP contribution in [0.1, 0.15) is 25.3 Å². The zero-order valence-electron chi connectivity index (χ0n) is 13.4. The Hall–Kier alpha value is -2.14. The molecule has 6 heteroatoms. The van der Waals surface area contributed by atoms with Gasteiger partial charge in [0.05, 0.1) is 11.8 Å². The fraction of sp³-hybridized carbons (Fsp3) is 0.389. The van der Waals surface area contributed by atoms with Gasteiger partial charge in [-0.25, -0.2) is 0 Å². The van der Waals surface area contributed by atoms with Crippen LogP contribution in [0.15, 0.2) is 36.4 Å². The van der Waals surface area contributed by atoms with Gasteiger partial charge in [0.25, 0.3) is 0 Å². The Bertz CT molecular complexity index is 690.